The lowest BCUT2D eigenvalue weighted by Crippen LogP contribution is -2.16. The molecular weight excluding hydrogens is 286 g/mol. The number of ketones is 1. The van der Waals surface area contributed by atoms with E-state index in [1.807, 2.05) is 0 Å². The molecular formula is C14H10F2O3S. The summed E-state index contributed by atoms with van der Waals surface area (Å²) in [5, 5.41) is 0. The predicted octanol–water partition coefficient (Wildman–Crippen LogP) is 2.62. The number of carbonyl (C=O) groups excluding carboxylic acids is 1. The second-order valence-corrected chi connectivity index (χ2v) is 6.14. The minimum Gasteiger partial charge on any atom is -0.293 e. The summed E-state index contributed by atoms with van der Waals surface area (Å²) in [5.41, 5.74) is -0.304. The first-order valence-electron chi connectivity index (χ1n) is 5.65. The number of sulfone groups is 1. The van der Waals surface area contributed by atoms with E-state index in [1.54, 1.807) is 6.07 Å². The molecule has 0 radical (unpaired) electrons. The lowest BCUT2D eigenvalue weighted by atomic mass is 10.1. The fourth-order valence-electron chi connectivity index (χ4n) is 1.68. The Hall–Kier alpha value is -2.08. The zero-order chi connectivity index (χ0) is 14.8. The molecule has 0 saturated carbocycles. The summed E-state index contributed by atoms with van der Waals surface area (Å²) < 4.78 is 50.0. The lowest BCUT2D eigenvalue weighted by Gasteiger charge is -2.04. The van der Waals surface area contributed by atoms with Crippen molar-refractivity contribution in [2.75, 3.05) is 5.75 Å². The van der Waals surface area contributed by atoms with Crippen LogP contribution in [-0.4, -0.2) is 20.0 Å². The van der Waals surface area contributed by atoms with Crippen molar-refractivity contribution in [1.82, 2.24) is 0 Å². The van der Waals surface area contributed by atoms with E-state index in [1.165, 1.54) is 24.3 Å². The van der Waals surface area contributed by atoms with Crippen LogP contribution >= 0.6 is 0 Å². The highest BCUT2D eigenvalue weighted by Crippen LogP contribution is 2.14. The number of halogens is 2. The van der Waals surface area contributed by atoms with Gasteiger partial charge >= 0.3 is 0 Å². The molecule has 0 aliphatic carbocycles. The number of hydrogen-bond acceptors (Lipinski definition) is 3. The van der Waals surface area contributed by atoms with E-state index in [0.29, 0.717) is 6.07 Å². The van der Waals surface area contributed by atoms with Gasteiger partial charge in [-0.25, -0.2) is 17.2 Å². The quantitative estimate of drug-likeness (QED) is 0.815. The van der Waals surface area contributed by atoms with Crippen molar-refractivity contribution in [3.05, 3.63) is 65.7 Å². The summed E-state index contributed by atoms with van der Waals surface area (Å²) in [6.45, 7) is 0. The van der Waals surface area contributed by atoms with E-state index in [4.69, 9.17) is 0 Å². The smallest absolute Gasteiger partial charge is 0.185 e. The van der Waals surface area contributed by atoms with Gasteiger partial charge in [0, 0.05) is 11.6 Å². The number of hydrogen-bond donors (Lipinski definition) is 0. The molecule has 0 N–H and O–H groups in total. The fourth-order valence-corrected chi connectivity index (χ4v) is 2.93. The van der Waals surface area contributed by atoms with Gasteiger partial charge in [0.05, 0.1) is 4.90 Å². The lowest BCUT2D eigenvalue weighted by molar-refractivity contribution is 0.102. The van der Waals surface area contributed by atoms with Crippen LogP contribution in [0.1, 0.15) is 10.4 Å². The van der Waals surface area contributed by atoms with Crippen LogP contribution in [-0.2, 0) is 9.84 Å². The van der Waals surface area contributed by atoms with Gasteiger partial charge in [-0.05, 0) is 24.3 Å². The second kappa shape index (κ2) is 5.50. The van der Waals surface area contributed by atoms with Crippen molar-refractivity contribution in [3.63, 3.8) is 0 Å². The molecule has 104 valence electrons. The minimum atomic E-state index is -3.83. The van der Waals surface area contributed by atoms with Gasteiger partial charge in [-0.15, -0.1) is 0 Å². The fraction of sp³-hybridized carbons (Fsp3) is 0.0714. The number of benzene rings is 2. The SMILES string of the molecule is O=C(CS(=O)(=O)c1ccccc1)c1cc(F)cc(F)c1. The molecule has 0 aliphatic rings. The maximum atomic E-state index is 13.0. The Labute approximate surface area is 114 Å². The molecule has 0 aliphatic heterocycles. The second-order valence-electron chi connectivity index (χ2n) is 4.15. The summed E-state index contributed by atoms with van der Waals surface area (Å²) in [7, 11) is -3.83. The molecule has 2 aromatic carbocycles. The van der Waals surface area contributed by atoms with Crippen LogP contribution in [0.2, 0.25) is 0 Å². The molecule has 0 bridgehead atoms. The third-order valence-electron chi connectivity index (χ3n) is 2.61. The van der Waals surface area contributed by atoms with Crippen LogP contribution in [0.4, 0.5) is 8.78 Å². The number of Topliss-reactive ketones (excluding diaryl/α,β-unsaturated/α-hetero) is 1. The van der Waals surface area contributed by atoms with Crippen LogP contribution < -0.4 is 0 Å². The Balaban J connectivity index is 2.28. The van der Waals surface area contributed by atoms with Crippen LogP contribution in [0.25, 0.3) is 0 Å². The van der Waals surface area contributed by atoms with Crippen molar-refractivity contribution >= 4 is 15.6 Å². The first-order valence-corrected chi connectivity index (χ1v) is 7.31. The van der Waals surface area contributed by atoms with E-state index in [-0.39, 0.29) is 10.5 Å². The van der Waals surface area contributed by atoms with Gasteiger partial charge in [0.25, 0.3) is 0 Å². The molecule has 0 fully saturated rings. The summed E-state index contributed by atoms with van der Waals surface area (Å²) in [6.07, 6.45) is 0. The van der Waals surface area contributed by atoms with Crippen molar-refractivity contribution in [3.8, 4) is 0 Å². The highest BCUT2D eigenvalue weighted by molar-refractivity contribution is 7.92. The molecule has 0 aromatic heterocycles. The van der Waals surface area contributed by atoms with E-state index < -0.39 is 33.0 Å². The molecule has 0 saturated heterocycles. The number of carbonyl (C=O) groups is 1. The van der Waals surface area contributed by atoms with Crippen LogP contribution in [0, 0.1) is 11.6 Å². The van der Waals surface area contributed by atoms with Gasteiger partial charge in [-0.2, -0.15) is 0 Å². The van der Waals surface area contributed by atoms with Gasteiger partial charge in [-0.3, -0.25) is 4.79 Å². The van der Waals surface area contributed by atoms with Crippen molar-refractivity contribution < 1.29 is 22.0 Å². The average Bonchev–Trinajstić information content (AvgIpc) is 2.38. The summed E-state index contributed by atoms with van der Waals surface area (Å²) in [4.78, 5) is 11.8. The molecule has 3 nitrogen and oxygen atoms in total. The first-order chi connectivity index (χ1) is 9.38. The van der Waals surface area contributed by atoms with Gasteiger partial charge < -0.3 is 0 Å². The summed E-state index contributed by atoms with van der Waals surface area (Å²) in [5.74, 6) is -3.54. The Morgan fingerprint density at radius 2 is 1.50 bits per heavy atom. The topological polar surface area (TPSA) is 51.2 Å². The standard InChI is InChI=1S/C14H10F2O3S/c15-11-6-10(7-12(16)8-11)14(17)9-20(18,19)13-4-2-1-3-5-13/h1-8H,9H2. The number of rotatable bonds is 4. The van der Waals surface area contributed by atoms with Crippen LogP contribution in [0.5, 0.6) is 0 Å². The molecule has 0 spiro atoms. The van der Waals surface area contributed by atoms with Crippen molar-refractivity contribution in [2.45, 2.75) is 4.90 Å². The van der Waals surface area contributed by atoms with E-state index in [2.05, 4.69) is 0 Å². The zero-order valence-corrected chi connectivity index (χ0v) is 11.0. The molecule has 0 amide bonds. The largest absolute Gasteiger partial charge is 0.293 e. The molecule has 0 heterocycles. The molecule has 20 heavy (non-hydrogen) atoms. The summed E-state index contributed by atoms with van der Waals surface area (Å²) in [6, 6.07) is 9.64. The molecule has 0 unspecified atom stereocenters. The zero-order valence-electron chi connectivity index (χ0n) is 10.2. The van der Waals surface area contributed by atoms with Gasteiger partial charge in [0.15, 0.2) is 15.6 Å². The van der Waals surface area contributed by atoms with E-state index in [9.17, 15) is 22.0 Å². The Bertz CT molecular complexity index is 720. The average molecular weight is 296 g/mol. The maximum absolute atomic E-state index is 13.0. The molecule has 6 heteroatoms. The monoisotopic (exact) mass is 296 g/mol. The highest BCUT2D eigenvalue weighted by atomic mass is 32.2. The van der Waals surface area contributed by atoms with Gasteiger partial charge in [0.1, 0.15) is 17.4 Å². The van der Waals surface area contributed by atoms with Crippen molar-refractivity contribution in [1.29, 1.82) is 0 Å². The predicted molar refractivity (Wildman–Crippen MR) is 69.2 cm³/mol. The maximum Gasteiger partial charge on any atom is 0.185 e. The molecule has 2 aromatic rings. The third-order valence-corrected chi connectivity index (χ3v) is 4.24. The Morgan fingerprint density at radius 3 is 2.05 bits per heavy atom. The van der Waals surface area contributed by atoms with E-state index >= 15 is 0 Å². The molecule has 2 rings (SSSR count). The van der Waals surface area contributed by atoms with Gasteiger partial charge in [0.2, 0.25) is 0 Å². The van der Waals surface area contributed by atoms with Gasteiger partial charge in [-0.1, -0.05) is 18.2 Å². The third kappa shape index (κ3) is 3.27. The summed E-state index contributed by atoms with van der Waals surface area (Å²) >= 11 is 0. The Morgan fingerprint density at radius 1 is 0.950 bits per heavy atom. The van der Waals surface area contributed by atoms with Crippen LogP contribution in [0.15, 0.2) is 53.4 Å². The molecule has 0 atom stereocenters. The minimum absolute atomic E-state index is 0.00905. The van der Waals surface area contributed by atoms with E-state index in [0.717, 1.165) is 12.1 Å². The van der Waals surface area contributed by atoms with Crippen molar-refractivity contribution in [2.24, 2.45) is 0 Å². The Kier molecular flexibility index (Phi) is 3.94. The normalized spacial score (nSPS) is 11.3. The first kappa shape index (κ1) is 14.3. The van der Waals surface area contributed by atoms with Crippen LogP contribution in [0.3, 0.4) is 0 Å². The highest BCUT2D eigenvalue weighted by Gasteiger charge is 2.20.